The maximum absolute atomic E-state index is 12.4. The van der Waals surface area contributed by atoms with Crippen LogP contribution in [0.15, 0.2) is 29.3 Å². The van der Waals surface area contributed by atoms with Crippen molar-refractivity contribution in [1.29, 1.82) is 0 Å². The summed E-state index contributed by atoms with van der Waals surface area (Å²) >= 11 is 3.43. The van der Waals surface area contributed by atoms with Crippen LogP contribution in [-0.2, 0) is 11.3 Å². The number of halogens is 1. The molecule has 0 bridgehead atoms. The number of methoxy groups -OCH3 is 1. The zero-order valence-electron chi connectivity index (χ0n) is 16.2. The minimum Gasteiger partial charge on any atom is -0.493 e. The molecule has 9 nitrogen and oxygen atoms in total. The number of nitrogens with two attached hydrogens (primary N) is 1. The summed E-state index contributed by atoms with van der Waals surface area (Å²) < 4.78 is 18.9. The molecule has 0 saturated heterocycles. The number of benzene rings is 1. The van der Waals surface area contributed by atoms with Gasteiger partial charge in [0, 0.05) is 6.54 Å². The Morgan fingerprint density at radius 2 is 2.07 bits per heavy atom. The van der Waals surface area contributed by atoms with Crippen LogP contribution < -0.4 is 15.2 Å². The molecule has 29 heavy (non-hydrogen) atoms. The number of carbonyl (C=O) groups is 1. The number of ether oxygens (including phenoxy) is 3. The highest BCUT2D eigenvalue weighted by Crippen LogP contribution is 2.37. The first kappa shape index (κ1) is 20.8. The Hall–Kier alpha value is -2.88. The van der Waals surface area contributed by atoms with Crippen molar-refractivity contribution in [2.75, 3.05) is 26.1 Å². The van der Waals surface area contributed by atoms with Crippen molar-refractivity contribution in [3.63, 3.8) is 0 Å². The van der Waals surface area contributed by atoms with Crippen LogP contribution in [0, 0.1) is 0 Å². The minimum atomic E-state index is -0.437. The topological polar surface area (TPSA) is 114 Å². The lowest BCUT2D eigenvalue weighted by atomic mass is 10.2. The van der Waals surface area contributed by atoms with E-state index in [1.807, 2.05) is 11.5 Å². The SMILES string of the molecule is CCCOc1c(Br)cc(C(=O)OCCCn2cnc3c(N)ncnc32)cc1OC. The van der Waals surface area contributed by atoms with Crippen LogP contribution in [-0.4, -0.2) is 45.8 Å². The molecule has 0 aliphatic rings. The number of imidazole rings is 1. The number of nitrogens with zero attached hydrogens (tertiary/aromatic N) is 4. The van der Waals surface area contributed by atoms with Gasteiger partial charge in [-0.1, -0.05) is 6.92 Å². The molecule has 0 fully saturated rings. The summed E-state index contributed by atoms with van der Waals surface area (Å²) in [5.74, 6) is 0.945. The van der Waals surface area contributed by atoms with Gasteiger partial charge in [0.1, 0.15) is 11.8 Å². The van der Waals surface area contributed by atoms with Gasteiger partial charge >= 0.3 is 5.97 Å². The number of rotatable bonds is 9. The first-order valence-corrected chi connectivity index (χ1v) is 9.93. The molecule has 154 valence electrons. The van der Waals surface area contributed by atoms with E-state index in [1.165, 1.54) is 13.4 Å². The Morgan fingerprint density at radius 1 is 1.24 bits per heavy atom. The number of nitrogen functional groups attached to an aromatic ring is 1. The van der Waals surface area contributed by atoms with E-state index >= 15 is 0 Å². The van der Waals surface area contributed by atoms with Gasteiger partial charge < -0.3 is 24.5 Å². The first-order chi connectivity index (χ1) is 14.0. The van der Waals surface area contributed by atoms with Crippen molar-refractivity contribution in [1.82, 2.24) is 19.5 Å². The second-order valence-corrected chi connectivity index (χ2v) is 7.05. The number of anilines is 1. The third kappa shape index (κ3) is 4.76. The van der Waals surface area contributed by atoms with Crippen molar-refractivity contribution >= 4 is 38.9 Å². The highest BCUT2D eigenvalue weighted by molar-refractivity contribution is 9.10. The fourth-order valence-electron chi connectivity index (χ4n) is 2.73. The Kier molecular flexibility index (Phi) is 6.86. The van der Waals surface area contributed by atoms with Crippen LogP contribution in [0.4, 0.5) is 5.82 Å². The molecule has 0 atom stereocenters. The summed E-state index contributed by atoms with van der Waals surface area (Å²) in [6, 6.07) is 3.28. The summed E-state index contributed by atoms with van der Waals surface area (Å²) in [6.07, 6.45) is 4.50. The molecule has 2 heterocycles. The van der Waals surface area contributed by atoms with E-state index in [2.05, 4.69) is 30.9 Å². The van der Waals surface area contributed by atoms with E-state index in [9.17, 15) is 4.79 Å². The smallest absolute Gasteiger partial charge is 0.338 e. The molecule has 2 N–H and O–H groups in total. The number of esters is 1. The Morgan fingerprint density at radius 3 is 2.83 bits per heavy atom. The van der Waals surface area contributed by atoms with Crippen LogP contribution in [0.25, 0.3) is 11.2 Å². The van der Waals surface area contributed by atoms with Gasteiger partial charge in [0.2, 0.25) is 0 Å². The van der Waals surface area contributed by atoms with Gasteiger partial charge in [-0.15, -0.1) is 0 Å². The molecular weight excluding hydrogens is 442 g/mol. The average molecular weight is 464 g/mol. The number of aromatic nitrogens is 4. The van der Waals surface area contributed by atoms with E-state index in [1.54, 1.807) is 18.5 Å². The van der Waals surface area contributed by atoms with Gasteiger partial charge in [-0.05, 0) is 40.9 Å². The molecule has 0 unspecified atom stereocenters. The molecule has 10 heteroatoms. The summed E-state index contributed by atoms with van der Waals surface area (Å²) in [7, 11) is 1.53. The Labute approximate surface area is 176 Å². The van der Waals surface area contributed by atoms with Gasteiger partial charge in [-0.2, -0.15) is 0 Å². The fraction of sp³-hybridized carbons (Fsp3) is 0.368. The van der Waals surface area contributed by atoms with Crippen molar-refractivity contribution < 1.29 is 19.0 Å². The zero-order valence-corrected chi connectivity index (χ0v) is 17.8. The van der Waals surface area contributed by atoms with Crippen molar-refractivity contribution in [3.05, 3.63) is 34.8 Å². The lowest BCUT2D eigenvalue weighted by molar-refractivity contribution is 0.0495. The van der Waals surface area contributed by atoms with Crippen LogP contribution in [0.3, 0.4) is 0 Å². The summed E-state index contributed by atoms with van der Waals surface area (Å²) in [4.78, 5) is 24.7. The highest BCUT2D eigenvalue weighted by Gasteiger charge is 2.16. The molecule has 0 spiro atoms. The largest absolute Gasteiger partial charge is 0.493 e. The zero-order chi connectivity index (χ0) is 20.8. The number of hydrogen-bond acceptors (Lipinski definition) is 8. The van der Waals surface area contributed by atoms with E-state index in [-0.39, 0.29) is 6.61 Å². The van der Waals surface area contributed by atoms with E-state index in [0.717, 1.165) is 6.42 Å². The maximum Gasteiger partial charge on any atom is 0.338 e. The van der Waals surface area contributed by atoms with Crippen LogP contribution in [0.5, 0.6) is 11.5 Å². The third-order valence-electron chi connectivity index (χ3n) is 4.12. The van der Waals surface area contributed by atoms with E-state index in [0.29, 0.717) is 58.1 Å². The summed E-state index contributed by atoms with van der Waals surface area (Å²) in [6.45, 7) is 3.39. The quantitative estimate of drug-likeness (QED) is 0.379. The van der Waals surface area contributed by atoms with Gasteiger partial charge in [-0.25, -0.2) is 19.7 Å². The minimum absolute atomic E-state index is 0.243. The Balaban J connectivity index is 1.59. The predicted molar refractivity (Wildman–Crippen MR) is 111 cm³/mol. The van der Waals surface area contributed by atoms with Gasteiger partial charge in [0.15, 0.2) is 23.0 Å². The van der Waals surface area contributed by atoms with Crippen molar-refractivity contribution in [3.8, 4) is 11.5 Å². The predicted octanol–water partition coefficient (Wildman–Crippen LogP) is 3.22. The molecular formula is C19H22BrN5O4. The molecule has 0 aliphatic carbocycles. The van der Waals surface area contributed by atoms with Crippen LogP contribution in [0.1, 0.15) is 30.1 Å². The van der Waals surface area contributed by atoms with Gasteiger partial charge in [0.05, 0.1) is 36.7 Å². The number of aryl methyl sites for hydroxylation is 1. The second kappa shape index (κ2) is 9.55. The third-order valence-corrected chi connectivity index (χ3v) is 4.71. The molecule has 0 aliphatic heterocycles. The number of fused-ring (bicyclic) bond motifs is 1. The lowest BCUT2D eigenvalue weighted by Gasteiger charge is -2.13. The molecule has 2 aromatic heterocycles. The molecule has 0 amide bonds. The molecule has 0 saturated carbocycles. The van der Waals surface area contributed by atoms with Crippen LogP contribution in [0.2, 0.25) is 0 Å². The lowest BCUT2D eigenvalue weighted by Crippen LogP contribution is -2.10. The normalized spacial score (nSPS) is 10.9. The second-order valence-electron chi connectivity index (χ2n) is 6.20. The maximum atomic E-state index is 12.4. The van der Waals surface area contributed by atoms with Gasteiger partial charge in [0.25, 0.3) is 0 Å². The number of hydrogen-bond donors (Lipinski definition) is 1. The highest BCUT2D eigenvalue weighted by atomic mass is 79.9. The van der Waals surface area contributed by atoms with E-state index < -0.39 is 5.97 Å². The molecule has 3 aromatic rings. The van der Waals surface area contributed by atoms with E-state index in [4.69, 9.17) is 19.9 Å². The first-order valence-electron chi connectivity index (χ1n) is 9.14. The van der Waals surface area contributed by atoms with Crippen molar-refractivity contribution in [2.45, 2.75) is 26.3 Å². The molecule has 1 aromatic carbocycles. The monoisotopic (exact) mass is 463 g/mol. The van der Waals surface area contributed by atoms with Gasteiger partial charge in [-0.3, -0.25) is 0 Å². The Bertz CT molecular complexity index is 1010. The van der Waals surface area contributed by atoms with Crippen LogP contribution >= 0.6 is 15.9 Å². The standard InChI is InChI=1S/C19H22BrN5O4/c1-3-6-28-16-13(20)8-12(9-14(16)27-2)19(26)29-7-4-5-25-11-24-15-17(21)22-10-23-18(15)25/h8-11H,3-7H2,1-2H3,(H2,21,22,23). The summed E-state index contributed by atoms with van der Waals surface area (Å²) in [5, 5.41) is 0. The fourth-order valence-corrected chi connectivity index (χ4v) is 3.28. The molecule has 0 radical (unpaired) electrons. The summed E-state index contributed by atoms with van der Waals surface area (Å²) in [5.41, 5.74) is 7.38. The molecule has 3 rings (SSSR count). The average Bonchev–Trinajstić information content (AvgIpc) is 3.14. The number of carbonyl (C=O) groups excluding carboxylic acids is 1. The van der Waals surface area contributed by atoms with Crippen molar-refractivity contribution in [2.24, 2.45) is 0 Å².